The zero-order valence-corrected chi connectivity index (χ0v) is 15.3. The molecule has 0 aromatic heterocycles. The lowest BCUT2D eigenvalue weighted by Gasteiger charge is -2.08. The van der Waals surface area contributed by atoms with Gasteiger partial charge in [-0.15, -0.1) is 0 Å². The average Bonchev–Trinajstić information content (AvgIpc) is 2.56. The summed E-state index contributed by atoms with van der Waals surface area (Å²) in [5.41, 5.74) is 1.26. The number of methoxy groups -OCH3 is 1. The number of carbonyl (C=O) groups excluding carboxylic acids is 1. The first-order valence-electron chi connectivity index (χ1n) is 7.14. The molecule has 3 nitrogen and oxygen atoms in total. The Balaban J connectivity index is 1.75. The molecule has 128 valence electrons. The fraction of sp³-hybridized carbons (Fsp3) is 0.235. The van der Waals surface area contributed by atoms with Crippen LogP contribution >= 0.6 is 35.0 Å². The number of hydrogen-bond donors (Lipinski definition) is 1. The summed E-state index contributed by atoms with van der Waals surface area (Å²) in [5, 5.41) is 3.99. The van der Waals surface area contributed by atoms with Crippen LogP contribution in [0, 0.1) is 5.82 Å². The van der Waals surface area contributed by atoms with E-state index in [0.717, 1.165) is 17.4 Å². The van der Waals surface area contributed by atoms with E-state index in [0.29, 0.717) is 22.3 Å². The van der Waals surface area contributed by atoms with Crippen molar-refractivity contribution >= 4 is 40.9 Å². The van der Waals surface area contributed by atoms with Crippen molar-refractivity contribution in [3.8, 4) is 5.75 Å². The maximum absolute atomic E-state index is 13.6. The van der Waals surface area contributed by atoms with Gasteiger partial charge >= 0.3 is 0 Å². The highest BCUT2D eigenvalue weighted by molar-refractivity contribution is 7.98. The highest BCUT2D eigenvalue weighted by Gasteiger charge is 2.09. The predicted octanol–water partition coefficient (Wildman–Crippen LogP) is 4.80. The third-order valence-corrected chi connectivity index (χ3v) is 4.81. The first-order valence-corrected chi connectivity index (χ1v) is 9.05. The lowest BCUT2D eigenvalue weighted by molar-refractivity contribution is 0.0955. The zero-order valence-electron chi connectivity index (χ0n) is 12.9. The van der Waals surface area contributed by atoms with Crippen LogP contribution in [0.2, 0.25) is 10.0 Å². The molecule has 0 aliphatic rings. The molecule has 2 rings (SSSR count). The molecule has 24 heavy (non-hydrogen) atoms. The van der Waals surface area contributed by atoms with Gasteiger partial charge in [0.05, 0.1) is 7.11 Å². The van der Waals surface area contributed by atoms with E-state index < -0.39 is 5.82 Å². The van der Waals surface area contributed by atoms with E-state index in [1.807, 2.05) is 6.07 Å². The van der Waals surface area contributed by atoms with E-state index in [-0.39, 0.29) is 17.2 Å². The Morgan fingerprint density at radius 3 is 2.71 bits per heavy atom. The summed E-state index contributed by atoms with van der Waals surface area (Å²) in [7, 11) is 1.38. The van der Waals surface area contributed by atoms with Crippen molar-refractivity contribution in [1.29, 1.82) is 0 Å². The van der Waals surface area contributed by atoms with Crippen LogP contribution in [0.25, 0.3) is 0 Å². The minimum Gasteiger partial charge on any atom is -0.494 e. The van der Waals surface area contributed by atoms with Crippen molar-refractivity contribution in [3.63, 3.8) is 0 Å². The molecular weight excluding hydrogens is 372 g/mol. The molecule has 1 N–H and O–H groups in total. The minimum absolute atomic E-state index is 0.113. The van der Waals surface area contributed by atoms with E-state index in [9.17, 15) is 9.18 Å². The summed E-state index contributed by atoms with van der Waals surface area (Å²) >= 11 is 13.6. The number of benzene rings is 2. The number of carbonyl (C=O) groups is 1. The van der Waals surface area contributed by atoms with E-state index in [1.54, 1.807) is 23.9 Å². The second-order valence-corrected chi connectivity index (χ2v) is 6.84. The van der Waals surface area contributed by atoms with Gasteiger partial charge in [0.1, 0.15) is 0 Å². The van der Waals surface area contributed by atoms with Crippen LogP contribution in [0.15, 0.2) is 36.4 Å². The first kappa shape index (κ1) is 18.9. The highest BCUT2D eigenvalue weighted by Crippen LogP contribution is 2.24. The van der Waals surface area contributed by atoms with Gasteiger partial charge < -0.3 is 10.1 Å². The summed E-state index contributed by atoms with van der Waals surface area (Å²) in [6.07, 6.45) is 0. The Morgan fingerprint density at radius 2 is 2.04 bits per heavy atom. The van der Waals surface area contributed by atoms with Gasteiger partial charge in [-0.1, -0.05) is 29.3 Å². The number of ether oxygens (including phenoxy) is 1. The monoisotopic (exact) mass is 387 g/mol. The summed E-state index contributed by atoms with van der Waals surface area (Å²) < 4.78 is 18.4. The molecule has 0 saturated carbocycles. The average molecular weight is 388 g/mol. The molecule has 2 aromatic rings. The van der Waals surface area contributed by atoms with Crippen LogP contribution in [0.5, 0.6) is 5.75 Å². The molecule has 0 aliphatic heterocycles. The van der Waals surface area contributed by atoms with Gasteiger partial charge in [-0.3, -0.25) is 4.79 Å². The predicted molar refractivity (Wildman–Crippen MR) is 97.9 cm³/mol. The van der Waals surface area contributed by atoms with Gasteiger partial charge in [-0.2, -0.15) is 11.8 Å². The molecule has 2 aromatic carbocycles. The van der Waals surface area contributed by atoms with Gasteiger partial charge in [0.2, 0.25) is 0 Å². The number of rotatable bonds is 7. The van der Waals surface area contributed by atoms with Crippen LogP contribution in [-0.2, 0) is 5.75 Å². The number of thioether (sulfide) groups is 1. The molecule has 0 heterocycles. The molecule has 0 aliphatic carbocycles. The van der Waals surface area contributed by atoms with Crippen LogP contribution in [0.1, 0.15) is 15.9 Å². The van der Waals surface area contributed by atoms with Crippen LogP contribution in [0.3, 0.4) is 0 Å². The Bertz CT molecular complexity index is 728. The number of halogens is 3. The molecule has 0 atom stereocenters. The van der Waals surface area contributed by atoms with E-state index in [4.69, 9.17) is 27.9 Å². The highest BCUT2D eigenvalue weighted by atomic mass is 35.5. The van der Waals surface area contributed by atoms with Gasteiger partial charge in [-0.25, -0.2) is 4.39 Å². The smallest absolute Gasteiger partial charge is 0.251 e. The molecule has 0 radical (unpaired) electrons. The number of nitrogens with one attached hydrogen (secondary N) is 1. The fourth-order valence-electron chi connectivity index (χ4n) is 1.97. The molecule has 0 saturated heterocycles. The van der Waals surface area contributed by atoms with Crippen molar-refractivity contribution in [2.45, 2.75) is 5.75 Å². The zero-order chi connectivity index (χ0) is 17.5. The van der Waals surface area contributed by atoms with E-state index >= 15 is 0 Å². The normalized spacial score (nSPS) is 10.5. The third kappa shape index (κ3) is 5.30. The topological polar surface area (TPSA) is 38.3 Å². The summed E-state index contributed by atoms with van der Waals surface area (Å²) in [4.78, 5) is 12.0. The Hall–Kier alpha value is -1.43. The lowest BCUT2D eigenvalue weighted by atomic mass is 10.2. The van der Waals surface area contributed by atoms with Crippen LogP contribution < -0.4 is 10.1 Å². The molecule has 0 unspecified atom stereocenters. The van der Waals surface area contributed by atoms with Crippen molar-refractivity contribution in [1.82, 2.24) is 5.32 Å². The van der Waals surface area contributed by atoms with Crippen molar-refractivity contribution in [2.75, 3.05) is 19.4 Å². The Labute approximate surface area is 154 Å². The molecule has 0 fully saturated rings. The maximum Gasteiger partial charge on any atom is 0.251 e. The second kappa shape index (κ2) is 9.16. The third-order valence-electron chi connectivity index (χ3n) is 3.22. The molecule has 7 heteroatoms. The van der Waals surface area contributed by atoms with Crippen LogP contribution in [-0.4, -0.2) is 25.3 Å². The number of amides is 1. The van der Waals surface area contributed by atoms with Gasteiger partial charge in [0.25, 0.3) is 5.91 Å². The van der Waals surface area contributed by atoms with Gasteiger partial charge in [0, 0.05) is 33.7 Å². The van der Waals surface area contributed by atoms with Gasteiger partial charge in [-0.05, 0) is 35.9 Å². The molecule has 0 spiro atoms. The summed E-state index contributed by atoms with van der Waals surface area (Å²) in [6.45, 7) is 0.475. The summed E-state index contributed by atoms with van der Waals surface area (Å²) in [5.74, 6) is 0.673. The quantitative estimate of drug-likeness (QED) is 0.693. The lowest BCUT2D eigenvalue weighted by Crippen LogP contribution is -2.25. The van der Waals surface area contributed by atoms with Gasteiger partial charge in [0.15, 0.2) is 11.6 Å². The Kier molecular flexibility index (Phi) is 7.21. The Morgan fingerprint density at radius 1 is 1.25 bits per heavy atom. The van der Waals surface area contributed by atoms with Crippen molar-refractivity contribution in [2.24, 2.45) is 0 Å². The van der Waals surface area contributed by atoms with Crippen molar-refractivity contribution < 1.29 is 13.9 Å². The second-order valence-electron chi connectivity index (χ2n) is 4.89. The largest absolute Gasteiger partial charge is 0.494 e. The van der Waals surface area contributed by atoms with E-state index in [1.165, 1.54) is 19.2 Å². The SMILES string of the molecule is COc1ccc(C(=O)NCCSCc2ccc(Cl)cc2Cl)cc1F. The van der Waals surface area contributed by atoms with Crippen molar-refractivity contribution in [3.05, 3.63) is 63.4 Å². The minimum atomic E-state index is -0.558. The first-order chi connectivity index (χ1) is 11.5. The number of hydrogen-bond acceptors (Lipinski definition) is 3. The standard InChI is InChI=1S/C17H16Cl2FNO2S/c1-23-16-5-3-11(8-15(16)20)17(22)21-6-7-24-10-12-2-4-13(18)9-14(12)19/h2-5,8-9H,6-7,10H2,1H3,(H,21,22). The maximum atomic E-state index is 13.6. The molecule has 1 amide bonds. The summed E-state index contributed by atoms with van der Waals surface area (Å²) in [6, 6.07) is 9.51. The fourth-order valence-corrected chi connectivity index (χ4v) is 3.38. The van der Waals surface area contributed by atoms with Crippen LogP contribution in [0.4, 0.5) is 4.39 Å². The van der Waals surface area contributed by atoms with E-state index in [2.05, 4.69) is 5.32 Å². The molecule has 0 bridgehead atoms. The molecular formula is C17H16Cl2FNO2S.